The van der Waals surface area contributed by atoms with Gasteiger partial charge in [-0.25, -0.2) is 0 Å². The van der Waals surface area contributed by atoms with Crippen LogP contribution in [0.1, 0.15) is 6.42 Å². The molecule has 0 radical (unpaired) electrons. The van der Waals surface area contributed by atoms with Gasteiger partial charge in [-0.1, -0.05) is 133 Å². The van der Waals surface area contributed by atoms with Crippen molar-refractivity contribution in [2.24, 2.45) is 11.8 Å². The first-order chi connectivity index (χ1) is 16.4. The summed E-state index contributed by atoms with van der Waals surface area (Å²) in [5, 5.41) is 6.08. The van der Waals surface area contributed by atoms with Gasteiger partial charge in [-0.2, -0.15) is 0 Å². The summed E-state index contributed by atoms with van der Waals surface area (Å²) in [4.78, 5) is 0. The Balaban J connectivity index is 1.52. The van der Waals surface area contributed by atoms with Gasteiger partial charge in [0.25, 0.3) is 0 Å². The van der Waals surface area contributed by atoms with Crippen LogP contribution in [0, 0.1) is 11.8 Å². The molecule has 0 spiro atoms. The smallest absolute Gasteiger partial charge is 0.00137 e. The van der Waals surface area contributed by atoms with E-state index in [2.05, 4.69) is 133 Å². The quantitative estimate of drug-likeness (QED) is 0.237. The maximum atomic E-state index is 2.55. The topological polar surface area (TPSA) is 0 Å². The normalized spacial score (nSPS) is 23.5. The van der Waals surface area contributed by atoms with Gasteiger partial charge in [0.05, 0.1) is 0 Å². The Morgan fingerprint density at radius 2 is 0.667 bits per heavy atom. The summed E-state index contributed by atoms with van der Waals surface area (Å²) >= 11 is 0. The highest BCUT2D eigenvalue weighted by molar-refractivity contribution is 7.77. The highest BCUT2D eigenvalue weighted by atomic mass is 31.1. The summed E-state index contributed by atoms with van der Waals surface area (Å²) in [6, 6.07) is 45.4. The Labute approximate surface area is 199 Å². The lowest BCUT2D eigenvalue weighted by molar-refractivity contribution is 0.695. The minimum atomic E-state index is -0.454. The molecule has 0 heterocycles. The van der Waals surface area contributed by atoms with Crippen LogP contribution in [0.5, 0.6) is 0 Å². The van der Waals surface area contributed by atoms with E-state index in [-0.39, 0.29) is 0 Å². The molecule has 1 fully saturated rings. The van der Waals surface area contributed by atoms with Gasteiger partial charge in [0.1, 0.15) is 0 Å². The predicted molar refractivity (Wildman–Crippen MR) is 146 cm³/mol. The van der Waals surface area contributed by atoms with Gasteiger partial charge < -0.3 is 0 Å². The van der Waals surface area contributed by atoms with Gasteiger partial charge in [0.15, 0.2) is 0 Å². The summed E-state index contributed by atoms with van der Waals surface area (Å²) in [6.07, 6.45) is 6.42. The summed E-state index contributed by atoms with van der Waals surface area (Å²) < 4.78 is 0. The summed E-state index contributed by atoms with van der Waals surface area (Å²) in [6.45, 7) is 0. The molecular weight excluding hydrogens is 434 g/mol. The van der Waals surface area contributed by atoms with Crippen molar-refractivity contribution in [2.45, 2.75) is 17.7 Å². The van der Waals surface area contributed by atoms with Crippen LogP contribution in [-0.4, -0.2) is 11.3 Å². The lowest BCUT2D eigenvalue weighted by Crippen LogP contribution is -2.37. The van der Waals surface area contributed by atoms with Gasteiger partial charge in [0, 0.05) is 11.3 Å². The zero-order valence-corrected chi connectivity index (χ0v) is 20.4. The molecule has 162 valence electrons. The van der Waals surface area contributed by atoms with Crippen molar-refractivity contribution in [3.05, 3.63) is 133 Å². The van der Waals surface area contributed by atoms with Crippen LogP contribution in [0.25, 0.3) is 0 Å². The largest absolute Gasteiger partial charge is 0.0844 e. The van der Waals surface area contributed by atoms with E-state index in [9.17, 15) is 0 Å². The zero-order valence-electron chi connectivity index (χ0n) is 18.6. The van der Waals surface area contributed by atoms with Crippen molar-refractivity contribution in [3.8, 4) is 0 Å². The Morgan fingerprint density at radius 3 is 0.939 bits per heavy atom. The third kappa shape index (κ3) is 4.01. The summed E-state index contributed by atoms with van der Waals surface area (Å²) in [5.74, 6) is 1.34. The average molecular weight is 463 g/mol. The fourth-order valence-corrected chi connectivity index (χ4v) is 12.8. The first-order valence-corrected chi connectivity index (χ1v) is 14.7. The van der Waals surface area contributed by atoms with Crippen molar-refractivity contribution in [1.82, 2.24) is 0 Å². The van der Waals surface area contributed by atoms with Gasteiger partial charge in [-0.15, -0.1) is 0 Å². The fraction of sp³-hybridized carbons (Fsp3) is 0.161. The van der Waals surface area contributed by atoms with Gasteiger partial charge >= 0.3 is 0 Å². The molecule has 6 rings (SSSR count). The van der Waals surface area contributed by atoms with Crippen LogP contribution in [0.2, 0.25) is 0 Å². The Kier molecular flexibility index (Phi) is 5.98. The molecule has 0 nitrogen and oxygen atoms in total. The minimum absolute atomic E-state index is 0.454. The Bertz CT molecular complexity index is 1030. The molecule has 1 saturated carbocycles. The van der Waals surface area contributed by atoms with Crippen LogP contribution in [0.4, 0.5) is 0 Å². The van der Waals surface area contributed by atoms with Crippen LogP contribution < -0.4 is 21.2 Å². The second-order valence-corrected chi connectivity index (χ2v) is 13.7. The van der Waals surface area contributed by atoms with E-state index >= 15 is 0 Å². The Morgan fingerprint density at radius 1 is 0.394 bits per heavy atom. The van der Waals surface area contributed by atoms with Crippen molar-refractivity contribution in [2.75, 3.05) is 0 Å². The maximum Gasteiger partial charge on any atom is 0.00137 e. The number of hydrogen-bond acceptors (Lipinski definition) is 0. The van der Waals surface area contributed by atoms with Crippen LogP contribution in [-0.2, 0) is 0 Å². The third-order valence-electron chi connectivity index (χ3n) is 7.11. The standard InChI is InChI=1S/C31H28P2/c1-5-13-26(14-6-1)32(27-15-7-2-8-16-27)30-24-21-22-25(23-24)31(30)33(28-17-9-3-10-18-28)29-19-11-4-12-20-29/h1-22,24-25,30-31H,23H2/t24-,25+,30-,31-/m0/s1. The molecule has 0 aromatic heterocycles. The molecule has 2 aliphatic carbocycles. The van der Waals surface area contributed by atoms with Crippen molar-refractivity contribution < 1.29 is 0 Å². The van der Waals surface area contributed by atoms with Gasteiger partial charge in [0.2, 0.25) is 0 Å². The Hall–Kier alpha value is -2.52. The van der Waals surface area contributed by atoms with E-state index in [1.807, 2.05) is 0 Å². The van der Waals surface area contributed by atoms with Crippen LogP contribution in [0.3, 0.4) is 0 Å². The number of benzene rings is 4. The molecule has 2 heteroatoms. The van der Waals surface area contributed by atoms with Crippen molar-refractivity contribution in [1.29, 1.82) is 0 Å². The lowest BCUT2D eigenvalue weighted by Gasteiger charge is -2.40. The monoisotopic (exact) mass is 462 g/mol. The van der Waals surface area contributed by atoms with E-state index < -0.39 is 15.8 Å². The van der Waals surface area contributed by atoms with Gasteiger partial charge in [-0.05, 0) is 55.3 Å². The molecule has 2 bridgehead atoms. The molecule has 0 unspecified atom stereocenters. The molecule has 0 saturated heterocycles. The third-order valence-corrected chi connectivity index (χ3v) is 13.4. The molecule has 0 aliphatic heterocycles. The van der Waals surface area contributed by atoms with Crippen molar-refractivity contribution in [3.63, 3.8) is 0 Å². The number of hydrogen-bond donors (Lipinski definition) is 0. The predicted octanol–water partition coefficient (Wildman–Crippen LogP) is 6.20. The molecule has 4 atom stereocenters. The van der Waals surface area contributed by atoms with Crippen molar-refractivity contribution >= 4 is 37.1 Å². The number of fused-ring (bicyclic) bond motifs is 2. The zero-order chi connectivity index (χ0) is 22.0. The van der Waals surface area contributed by atoms with E-state index in [0.717, 1.165) is 0 Å². The molecule has 4 aromatic carbocycles. The number of rotatable bonds is 6. The van der Waals surface area contributed by atoms with E-state index in [4.69, 9.17) is 0 Å². The molecule has 33 heavy (non-hydrogen) atoms. The summed E-state index contributed by atoms with van der Waals surface area (Å²) in [5.41, 5.74) is 1.32. The molecular formula is C31H28P2. The van der Waals surface area contributed by atoms with Gasteiger partial charge in [-0.3, -0.25) is 0 Å². The number of allylic oxidation sites excluding steroid dienone is 2. The second-order valence-electron chi connectivity index (χ2n) is 9.01. The second kappa shape index (κ2) is 9.38. The fourth-order valence-electron chi connectivity index (χ4n) is 5.80. The van der Waals surface area contributed by atoms with Crippen LogP contribution >= 0.6 is 15.8 Å². The maximum absolute atomic E-state index is 2.55. The first-order valence-electron chi connectivity index (χ1n) is 11.9. The van der Waals surface area contributed by atoms with E-state index in [1.165, 1.54) is 27.6 Å². The molecule has 0 N–H and O–H groups in total. The first kappa shape index (κ1) is 21.0. The lowest BCUT2D eigenvalue weighted by atomic mass is 10.1. The highest BCUT2D eigenvalue weighted by Crippen LogP contribution is 2.64. The SMILES string of the molecule is C1=C[C@H]2C[C@@H]1[C@H](P(c1ccccc1)c1ccccc1)[C@H]2P(c1ccccc1)c1ccccc1. The molecule has 2 aliphatic rings. The van der Waals surface area contributed by atoms with E-state index in [1.54, 1.807) is 0 Å². The minimum Gasteiger partial charge on any atom is -0.0844 e. The average Bonchev–Trinajstić information content (AvgIpc) is 3.50. The highest BCUT2D eigenvalue weighted by Gasteiger charge is 2.51. The summed E-state index contributed by atoms with van der Waals surface area (Å²) in [7, 11) is -0.909. The van der Waals surface area contributed by atoms with E-state index in [0.29, 0.717) is 23.2 Å². The van der Waals surface area contributed by atoms with Crippen LogP contribution in [0.15, 0.2) is 133 Å². The molecule has 4 aromatic rings. The molecule has 0 amide bonds.